The summed E-state index contributed by atoms with van der Waals surface area (Å²) in [5.41, 5.74) is 1.68. The number of benzene rings is 2. The molecule has 0 spiro atoms. The first-order chi connectivity index (χ1) is 16.0. The molecule has 10 nitrogen and oxygen atoms in total. The number of anilines is 2. The Kier molecular flexibility index (Phi) is 6.55. The van der Waals surface area contributed by atoms with E-state index in [-0.39, 0.29) is 36.7 Å². The molecule has 0 aliphatic carbocycles. The third-order valence-electron chi connectivity index (χ3n) is 5.40. The molecular weight excluding hydrogens is 430 g/mol. The fourth-order valence-electron chi connectivity index (χ4n) is 3.71. The van der Waals surface area contributed by atoms with E-state index >= 15 is 0 Å². The number of cyclic esters (lactones) is 1. The van der Waals surface area contributed by atoms with Crippen molar-refractivity contribution in [2.24, 2.45) is 0 Å². The summed E-state index contributed by atoms with van der Waals surface area (Å²) in [6, 6.07) is 13.3. The van der Waals surface area contributed by atoms with Crippen LogP contribution in [-0.4, -0.2) is 69.9 Å². The van der Waals surface area contributed by atoms with Crippen LogP contribution >= 0.6 is 0 Å². The Hall–Kier alpha value is -3.92. The van der Waals surface area contributed by atoms with Crippen molar-refractivity contribution in [3.63, 3.8) is 0 Å². The fourth-order valence-corrected chi connectivity index (χ4v) is 3.71. The van der Waals surface area contributed by atoms with E-state index in [2.05, 4.69) is 5.32 Å². The highest BCUT2D eigenvalue weighted by molar-refractivity contribution is 6.05. The Morgan fingerprint density at radius 3 is 2.36 bits per heavy atom. The average molecular weight is 453 g/mol. The second-order valence-electron chi connectivity index (χ2n) is 7.48. The third-order valence-corrected chi connectivity index (χ3v) is 5.40. The molecular formula is C23H23N3O7. The van der Waals surface area contributed by atoms with Crippen LogP contribution in [0, 0.1) is 0 Å². The lowest BCUT2D eigenvalue weighted by atomic mass is 10.1. The average Bonchev–Trinajstić information content (AvgIpc) is 3.23. The second-order valence-corrected chi connectivity index (χ2v) is 7.48. The van der Waals surface area contributed by atoms with Crippen molar-refractivity contribution in [1.82, 2.24) is 5.32 Å². The third kappa shape index (κ3) is 4.80. The van der Waals surface area contributed by atoms with Gasteiger partial charge in [0, 0.05) is 17.9 Å². The standard InChI is InChI=1S/C23H23N3O7/c1-31-22(29)19-5-3-2-4-18(19)21(28)24-12-17-13-26(23(30)33-17)16-8-6-15(7-9-16)25-10-11-32-14-20(25)27/h2-9,17H,10-14H2,1H3,(H,24,28)/t17-/m0/s1. The lowest BCUT2D eigenvalue weighted by molar-refractivity contribution is -0.125. The lowest BCUT2D eigenvalue weighted by Crippen LogP contribution is -2.41. The van der Waals surface area contributed by atoms with Gasteiger partial charge in [-0.3, -0.25) is 14.5 Å². The Morgan fingerprint density at radius 1 is 1.03 bits per heavy atom. The van der Waals surface area contributed by atoms with Crippen LogP contribution in [0.4, 0.5) is 16.2 Å². The topological polar surface area (TPSA) is 114 Å². The first-order valence-electron chi connectivity index (χ1n) is 10.4. The van der Waals surface area contributed by atoms with Crippen molar-refractivity contribution < 1.29 is 33.4 Å². The van der Waals surface area contributed by atoms with E-state index in [9.17, 15) is 19.2 Å². The van der Waals surface area contributed by atoms with Crippen molar-refractivity contribution >= 4 is 35.3 Å². The van der Waals surface area contributed by atoms with Crippen LogP contribution in [0.1, 0.15) is 20.7 Å². The van der Waals surface area contributed by atoms with Crippen LogP contribution in [-0.2, 0) is 19.0 Å². The highest BCUT2D eigenvalue weighted by atomic mass is 16.6. The van der Waals surface area contributed by atoms with E-state index in [4.69, 9.17) is 14.2 Å². The molecule has 10 heteroatoms. The quantitative estimate of drug-likeness (QED) is 0.661. The minimum atomic E-state index is -0.610. The van der Waals surface area contributed by atoms with E-state index in [1.54, 1.807) is 41.3 Å². The molecule has 4 rings (SSSR count). The number of nitrogens with zero attached hydrogens (tertiary/aromatic N) is 2. The number of nitrogens with one attached hydrogen (secondary N) is 1. The molecule has 1 atom stereocenters. The van der Waals surface area contributed by atoms with Crippen molar-refractivity contribution in [2.75, 3.05) is 49.8 Å². The van der Waals surface area contributed by atoms with Crippen molar-refractivity contribution in [3.05, 3.63) is 59.7 Å². The SMILES string of the molecule is COC(=O)c1ccccc1C(=O)NC[C@H]1CN(c2ccc(N3CCOCC3=O)cc2)C(=O)O1. The second kappa shape index (κ2) is 9.70. The number of carbonyl (C=O) groups is 4. The molecule has 2 aromatic rings. The maximum atomic E-state index is 12.6. The molecule has 2 aliphatic heterocycles. The number of methoxy groups -OCH3 is 1. The molecule has 3 amide bonds. The summed E-state index contributed by atoms with van der Waals surface area (Å²) in [5, 5.41) is 2.70. The summed E-state index contributed by atoms with van der Waals surface area (Å²) < 4.78 is 15.2. The number of morpholine rings is 1. The summed E-state index contributed by atoms with van der Waals surface area (Å²) in [7, 11) is 1.24. The molecule has 2 fully saturated rings. The molecule has 33 heavy (non-hydrogen) atoms. The Bertz CT molecular complexity index is 1070. The zero-order valence-electron chi connectivity index (χ0n) is 18.0. The summed E-state index contributed by atoms with van der Waals surface area (Å²) in [6.45, 7) is 1.33. The van der Waals surface area contributed by atoms with E-state index in [0.29, 0.717) is 18.8 Å². The van der Waals surface area contributed by atoms with Gasteiger partial charge in [-0.1, -0.05) is 12.1 Å². The maximum Gasteiger partial charge on any atom is 0.414 e. The van der Waals surface area contributed by atoms with Crippen LogP contribution < -0.4 is 15.1 Å². The first kappa shape index (κ1) is 22.3. The summed E-state index contributed by atoms with van der Waals surface area (Å²) >= 11 is 0. The Labute approximate surface area is 190 Å². The van der Waals surface area contributed by atoms with Gasteiger partial charge < -0.3 is 24.4 Å². The molecule has 2 aliphatic rings. The van der Waals surface area contributed by atoms with Gasteiger partial charge in [0.1, 0.15) is 12.7 Å². The minimum Gasteiger partial charge on any atom is -0.465 e. The molecule has 0 radical (unpaired) electrons. The van der Waals surface area contributed by atoms with Gasteiger partial charge in [-0.2, -0.15) is 0 Å². The van der Waals surface area contributed by atoms with Gasteiger partial charge in [-0.05, 0) is 36.4 Å². The molecule has 0 bridgehead atoms. The zero-order chi connectivity index (χ0) is 23.4. The van der Waals surface area contributed by atoms with Crippen molar-refractivity contribution in [3.8, 4) is 0 Å². The van der Waals surface area contributed by atoms with Crippen molar-refractivity contribution in [1.29, 1.82) is 0 Å². The van der Waals surface area contributed by atoms with Crippen LogP contribution in [0.2, 0.25) is 0 Å². The highest BCUT2D eigenvalue weighted by Gasteiger charge is 2.33. The number of hydrogen-bond donors (Lipinski definition) is 1. The molecule has 2 aromatic carbocycles. The molecule has 172 valence electrons. The number of esters is 1. The predicted molar refractivity (Wildman–Crippen MR) is 117 cm³/mol. The Morgan fingerprint density at radius 2 is 1.70 bits per heavy atom. The van der Waals surface area contributed by atoms with Gasteiger partial charge in [0.05, 0.1) is 37.9 Å². The molecule has 0 aromatic heterocycles. The first-order valence-corrected chi connectivity index (χ1v) is 10.4. The van der Waals surface area contributed by atoms with Gasteiger partial charge in [0.15, 0.2) is 0 Å². The van der Waals surface area contributed by atoms with E-state index in [1.165, 1.54) is 24.1 Å². The van der Waals surface area contributed by atoms with Crippen LogP contribution in [0.3, 0.4) is 0 Å². The predicted octanol–water partition coefficient (Wildman–Crippen LogP) is 1.59. The monoisotopic (exact) mass is 453 g/mol. The van der Waals surface area contributed by atoms with Gasteiger partial charge in [0.2, 0.25) is 0 Å². The van der Waals surface area contributed by atoms with E-state index < -0.39 is 24.1 Å². The fraction of sp³-hybridized carbons (Fsp3) is 0.304. The van der Waals surface area contributed by atoms with E-state index in [0.717, 1.165) is 5.69 Å². The molecule has 2 saturated heterocycles. The summed E-state index contributed by atoms with van der Waals surface area (Å²) in [6.07, 6.45) is -1.09. The smallest absolute Gasteiger partial charge is 0.414 e. The number of rotatable bonds is 6. The van der Waals surface area contributed by atoms with Gasteiger partial charge in [-0.15, -0.1) is 0 Å². The molecule has 2 heterocycles. The maximum absolute atomic E-state index is 12.6. The summed E-state index contributed by atoms with van der Waals surface area (Å²) in [4.78, 5) is 51.9. The molecule has 0 saturated carbocycles. The van der Waals surface area contributed by atoms with Crippen LogP contribution in [0.5, 0.6) is 0 Å². The number of hydrogen-bond acceptors (Lipinski definition) is 7. The number of amides is 3. The summed E-state index contributed by atoms with van der Waals surface area (Å²) in [5.74, 6) is -1.19. The van der Waals surface area contributed by atoms with Crippen LogP contribution in [0.25, 0.3) is 0 Å². The number of carbonyl (C=O) groups excluding carboxylic acids is 4. The molecule has 1 N–H and O–H groups in total. The number of ether oxygens (including phenoxy) is 3. The lowest BCUT2D eigenvalue weighted by Gasteiger charge is -2.27. The van der Waals surface area contributed by atoms with Gasteiger partial charge in [0.25, 0.3) is 11.8 Å². The molecule has 0 unspecified atom stereocenters. The normalized spacial score (nSPS) is 18.2. The van der Waals surface area contributed by atoms with Gasteiger partial charge >= 0.3 is 12.1 Å². The van der Waals surface area contributed by atoms with Crippen molar-refractivity contribution in [2.45, 2.75) is 6.10 Å². The van der Waals surface area contributed by atoms with Gasteiger partial charge in [-0.25, -0.2) is 9.59 Å². The minimum absolute atomic E-state index is 0.0533. The Balaban J connectivity index is 1.37. The highest BCUT2D eigenvalue weighted by Crippen LogP contribution is 2.25. The zero-order valence-corrected chi connectivity index (χ0v) is 18.0. The van der Waals surface area contributed by atoms with E-state index in [1.807, 2.05) is 0 Å². The van der Waals surface area contributed by atoms with Crippen LogP contribution in [0.15, 0.2) is 48.5 Å². The largest absolute Gasteiger partial charge is 0.465 e.